The van der Waals surface area contributed by atoms with E-state index in [-0.39, 0.29) is 10.6 Å². The largest absolute Gasteiger partial charge is 0.497 e. The van der Waals surface area contributed by atoms with E-state index in [0.717, 1.165) is 52.0 Å². The first-order valence-electron chi connectivity index (χ1n) is 10.2. The number of carbonyl (C=O) groups is 1. The van der Waals surface area contributed by atoms with E-state index in [1.165, 1.54) is 12.1 Å². The van der Waals surface area contributed by atoms with Crippen LogP contribution in [-0.2, 0) is 21.2 Å². The van der Waals surface area contributed by atoms with Gasteiger partial charge in [0.15, 0.2) is 0 Å². The fraction of sp³-hybridized carbons (Fsp3) is 0.208. The van der Waals surface area contributed by atoms with Crippen LogP contribution >= 0.6 is 0 Å². The second kappa shape index (κ2) is 10.9. The first kappa shape index (κ1) is 24.2. The van der Waals surface area contributed by atoms with Crippen molar-refractivity contribution in [1.29, 1.82) is 0 Å². The Morgan fingerprint density at radius 1 is 0.970 bits per heavy atom. The Morgan fingerprint density at radius 2 is 1.61 bits per heavy atom. The number of methoxy groups -OCH3 is 1. The summed E-state index contributed by atoms with van der Waals surface area (Å²) in [6, 6.07) is 16.6. The lowest BCUT2D eigenvalue weighted by Gasteiger charge is -2.24. The lowest BCUT2D eigenvalue weighted by Crippen LogP contribution is -2.41. The molecule has 0 saturated carbocycles. The fourth-order valence-corrected chi connectivity index (χ4v) is 4.61. The molecule has 1 N–H and O–H groups in total. The molecular formula is C24H24F2N2O4S. The van der Waals surface area contributed by atoms with Crippen molar-refractivity contribution in [2.24, 2.45) is 0 Å². The Morgan fingerprint density at radius 3 is 2.24 bits per heavy atom. The quantitative estimate of drug-likeness (QED) is 0.452. The molecule has 0 atom stereocenters. The second-order valence-electron chi connectivity index (χ2n) is 7.25. The van der Waals surface area contributed by atoms with E-state index < -0.39 is 34.1 Å². The molecule has 0 bridgehead atoms. The topological polar surface area (TPSA) is 75.7 Å². The predicted molar refractivity (Wildman–Crippen MR) is 122 cm³/mol. The first-order valence-corrected chi connectivity index (χ1v) is 11.7. The molecule has 6 nitrogen and oxygen atoms in total. The van der Waals surface area contributed by atoms with Gasteiger partial charge in [-0.2, -0.15) is 0 Å². The molecule has 3 rings (SSSR count). The van der Waals surface area contributed by atoms with Gasteiger partial charge in [-0.15, -0.1) is 0 Å². The van der Waals surface area contributed by atoms with E-state index in [1.54, 1.807) is 7.11 Å². The lowest BCUT2D eigenvalue weighted by molar-refractivity contribution is -0.119. The van der Waals surface area contributed by atoms with Crippen molar-refractivity contribution in [2.75, 3.05) is 24.5 Å². The van der Waals surface area contributed by atoms with Crippen LogP contribution in [0.15, 0.2) is 77.7 Å². The summed E-state index contributed by atoms with van der Waals surface area (Å²) in [5.41, 5.74) is 1.17. The molecule has 0 spiro atoms. The average Bonchev–Trinajstić information content (AvgIpc) is 2.81. The van der Waals surface area contributed by atoms with E-state index >= 15 is 0 Å². The van der Waals surface area contributed by atoms with Crippen LogP contribution < -0.4 is 14.4 Å². The van der Waals surface area contributed by atoms with Crippen molar-refractivity contribution in [2.45, 2.75) is 17.7 Å². The summed E-state index contributed by atoms with van der Waals surface area (Å²) in [6.45, 7) is -0.172. The number of amides is 1. The van der Waals surface area contributed by atoms with Gasteiger partial charge in [-0.25, -0.2) is 17.2 Å². The normalized spacial score (nSPS) is 11.1. The van der Waals surface area contributed by atoms with Gasteiger partial charge in [0, 0.05) is 6.54 Å². The molecule has 0 saturated heterocycles. The van der Waals surface area contributed by atoms with Crippen molar-refractivity contribution in [3.63, 3.8) is 0 Å². The smallest absolute Gasteiger partial charge is 0.264 e. The van der Waals surface area contributed by atoms with E-state index in [4.69, 9.17) is 4.74 Å². The Labute approximate surface area is 191 Å². The first-order chi connectivity index (χ1) is 15.8. The molecule has 0 radical (unpaired) electrons. The van der Waals surface area contributed by atoms with Crippen molar-refractivity contribution in [1.82, 2.24) is 5.32 Å². The molecule has 9 heteroatoms. The number of nitrogens with one attached hydrogen (secondary N) is 1. The zero-order valence-electron chi connectivity index (χ0n) is 18.0. The van der Waals surface area contributed by atoms with Crippen LogP contribution in [0.1, 0.15) is 12.0 Å². The third-order valence-corrected chi connectivity index (χ3v) is 6.69. The average molecular weight is 475 g/mol. The van der Waals surface area contributed by atoms with E-state index in [9.17, 15) is 22.0 Å². The maximum Gasteiger partial charge on any atom is 0.264 e. The number of rotatable bonds is 10. The molecule has 0 fully saturated rings. The highest BCUT2D eigenvalue weighted by atomic mass is 32.2. The molecule has 33 heavy (non-hydrogen) atoms. The summed E-state index contributed by atoms with van der Waals surface area (Å²) in [5.74, 6) is -0.899. The van der Waals surface area contributed by atoms with Crippen molar-refractivity contribution in [3.05, 3.63) is 90.0 Å². The zero-order valence-corrected chi connectivity index (χ0v) is 18.8. The summed E-state index contributed by atoms with van der Waals surface area (Å²) in [5, 5.41) is 2.72. The Bertz CT molecular complexity index is 1180. The van der Waals surface area contributed by atoms with Crippen LogP contribution in [0.3, 0.4) is 0 Å². The minimum Gasteiger partial charge on any atom is -0.497 e. The van der Waals surface area contributed by atoms with Crippen molar-refractivity contribution < 1.29 is 26.7 Å². The van der Waals surface area contributed by atoms with Gasteiger partial charge in [0.25, 0.3) is 10.0 Å². The number of nitrogens with zero attached hydrogens (tertiary/aromatic N) is 1. The molecule has 174 valence electrons. The molecule has 0 aliphatic carbocycles. The number of hydrogen-bond acceptors (Lipinski definition) is 4. The number of aryl methyl sites for hydroxylation is 1. The standard InChI is InChI=1S/C24H24F2N2O4S/c1-32-22-6-2-4-18(16-22)5-3-15-27-24(29)17-28(21-11-7-19(25)8-12-21)33(30,31)23-13-9-20(26)10-14-23/h2,4,6-14,16H,3,5,15,17H2,1H3,(H,27,29). The Balaban J connectivity index is 1.68. The van der Waals surface area contributed by atoms with E-state index in [2.05, 4.69) is 5.32 Å². The van der Waals surface area contributed by atoms with Gasteiger partial charge >= 0.3 is 0 Å². The van der Waals surface area contributed by atoms with Crippen LogP contribution in [0.25, 0.3) is 0 Å². The second-order valence-corrected chi connectivity index (χ2v) is 9.11. The van der Waals surface area contributed by atoms with Crippen LogP contribution in [0.4, 0.5) is 14.5 Å². The molecule has 0 aromatic heterocycles. The predicted octanol–water partition coefficient (Wildman–Crippen LogP) is 3.92. The molecule has 3 aromatic rings. The summed E-state index contributed by atoms with van der Waals surface area (Å²) >= 11 is 0. The van der Waals surface area contributed by atoms with E-state index in [0.29, 0.717) is 19.4 Å². The highest BCUT2D eigenvalue weighted by Gasteiger charge is 2.27. The van der Waals surface area contributed by atoms with Gasteiger partial charge in [0.05, 0.1) is 17.7 Å². The summed E-state index contributed by atoms with van der Waals surface area (Å²) in [6.07, 6.45) is 1.34. The third kappa shape index (κ3) is 6.52. The van der Waals surface area contributed by atoms with Gasteiger partial charge in [0.2, 0.25) is 5.91 Å². The van der Waals surface area contributed by atoms with Crippen molar-refractivity contribution >= 4 is 21.6 Å². The highest BCUT2D eigenvalue weighted by molar-refractivity contribution is 7.92. The Kier molecular flexibility index (Phi) is 8.00. The molecule has 0 unspecified atom stereocenters. The monoisotopic (exact) mass is 474 g/mol. The highest BCUT2D eigenvalue weighted by Crippen LogP contribution is 2.24. The van der Waals surface area contributed by atoms with Crippen LogP contribution in [-0.4, -0.2) is 34.5 Å². The molecule has 3 aromatic carbocycles. The van der Waals surface area contributed by atoms with Gasteiger partial charge in [-0.1, -0.05) is 12.1 Å². The van der Waals surface area contributed by atoms with Gasteiger partial charge in [-0.3, -0.25) is 9.10 Å². The summed E-state index contributed by atoms with van der Waals surface area (Å²) in [7, 11) is -2.60. The zero-order chi connectivity index (χ0) is 23.8. The van der Waals surface area contributed by atoms with Gasteiger partial charge < -0.3 is 10.1 Å². The summed E-state index contributed by atoms with van der Waals surface area (Å²) < 4.78 is 59.0. The van der Waals surface area contributed by atoms with E-state index in [1.807, 2.05) is 24.3 Å². The maximum atomic E-state index is 13.4. The van der Waals surface area contributed by atoms with Gasteiger partial charge in [0.1, 0.15) is 23.9 Å². The minimum atomic E-state index is -4.19. The SMILES string of the molecule is COc1cccc(CCCNC(=O)CN(c2ccc(F)cc2)S(=O)(=O)c2ccc(F)cc2)c1. The van der Waals surface area contributed by atoms with Crippen LogP contribution in [0.2, 0.25) is 0 Å². The van der Waals surface area contributed by atoms with Crippen LogP contribution in [0.5, 0.6) is 5.75 Å². The Hall–Kier alpha value is -3.46. The fourth-order valence-electron chi connectivity index (χ4n) is 3.19. The number of hydrogen-bond donors (Lipinski definition) is 1. The lowest BCUT2D eigenvalue weighted by atomic mass is 10.1. The number of benzene rings is 3. The van der Waals surface area contributed by atoms with Crippen LogP contribution in [0, 0.1) is 11.6 Å². The molecule has 0 aliphatic rings. The number of carbonyl (C=O) groups excluding carboxylic acids is 1. The molecular weight excluding hydrogens is 450 g/mol. The third-order valence-electron chi connectivity index (χ3n) is 4.90. The molecule has 0 heterocycles. The number of anilines is 1. The maximum absolute atomic E-state index is 13.4. The number of sulfonamides is 1. The van der Waals surface area contributed by atoms with Gasteiger partial charge in [-0.05, 0) is 79.1 Å². The number of ether oxygens (including phenoxy) is 1. The molecule has 0 aliphatic heterocycles. The minimum absolute atomic E-state index is 0.118. The number of halogens is 2. The molecule has 1 amide bonds. The van der Waals surface area contributed by atoms with Crippen molar-refractivity contribution in [3.8, 4) is 5.75 Å². The summed E-state index contributed by atoms with van der Waals surface area (Å²) in [4.78, 5) is 12.4.